The second-order valence-corrected chi connectivity index (χ2v) is 6.95. The maximum absolute atomic E-state index is 13.3. The lowest BCUT2D eigenvalue weighted by Gasteiger charge is -2.29. The maximum Gasteiger partial charge on any atom is 0.231 e. The van der Waals surface area contributed by atoms with Crippen molar-refractivity contribution in [3.8, 4) is 5.75 Å². The fraction of sp³-hybridized carbons (Fsp3) is 0.208. The number of hydrogen-bond donors (Lipinski definition) is 0. The molecular formula is C24H23NO2. The molecule has 0 aromatic heterocycles. The summed E-state index contributed by atoms with van der Waals surface area (Å²) >= 11 is 0. The van der Waals surface area contributed by atoms with Crippen LogP contribution in [0.5, 0.6) is 5.75 Å². The van der Waals surface area contributed by atoms with Gasteiger partial charge in [0.15, 0.2) is 0 Å². The van der Waals surface area contributed by atoms with Gasteiger partial charge in [-0.25, -0.2) is 0 Å². The number of carbonyl (C=O) groups excluding carboxylic acids is 1. The van der Waals surface area contributed by atoms with Crippen LogP contribution >= 0.6 is 0 Å². The average Bonchev–Trinajstić information content (AvgIpc) is 3.13. The number of carbonyl (C=O) groups is 1. The Morgan fingerprint density at radius 3 is 2.07 bits per heavy atom. The van der Waals surface area contributed by atoms with E-state index in [1.807, 2.05) is 59.5 Å². The Morgan fingerprint density at radius 2 is 1.48 bits per heavy atom. The molecule has 0 aliphatic heterocycles. The number of fused-ring (bicyclic) bond motifs is 1. The van der Waals surface area contributed by atoms with E-state index in [-0.39, 0.29) is 11.9 Å². The maximum atomic E-state index is 13.3. The molecule has 1 amide bonds. The minimum atomic E-state index is 0.129. The first-order valence-electron chi connectivity index (χ1n) is 9.31. The first-order chi connectivity index (χ1) is 13.2. The lowest BCUT2D eigenvalue weighted by Crippen LogP contribution is -2.42. The van der Waals surface area contributed by atoms with Crippen molar-refractivity contribution in [2.75, 3.05) is 12.0 Å². The molecular weight excluding hydrogens is 334 g/mol. The van der Waals surface area contributed by atoms with E-state index in [1.54, 1.807) is 7.11 Å². The summed E-state index contributed by atoms with van der Waals surface area (Å²) in [4.78, 5) is 15.3. The molecule has 4 rings (SSSR count). The second kappa shape index (κ2) is 7.67. The van der Waals surface area contributed by atoms with E-state index in [0.717, 1.165) is 29.8 Å². The largest absolute Gasteiger partial charge is 0.497 e. The van der Waals surface area contributed by atoms with Crippen LogP contribution < -0.4 is 9.64 Å². The second-order valence-electron chi connectivity index (χ2n) is 6.95. The molecule has 0 radical (unpaired) electrons. The molecule has 0 bridgehead atoms. The number of amides is 1. The summed E-state index contributed by atoms with van der Waals surface area (Å²) in [5.74, 6) is 0.932. The zero-order valence-electron chi connectivity index (χ0n) is 15.5. The minimum absolute atomic E-state index is 0.129. The topological polar surface area (TPSA) is 29.5 Å². The summed E-state index contributed by atoms with van der Waals surface area (Å²) in [6.07, 6.45) is 2.19. The summed E-state index contributed by atoms with van der Waals surface area (Å²) in [6, 6.07) is 26.4. The molecule has 0 saturated carbocycles. The number of benzene rings is 3. The highest BCUT2D eigenvalue weighted by Gasteiger charge is 2.30. The molecule has 3 aromatic carbocycles. The Labute approximate surface area is 160 Å². The van der Waals surface area contributed by atoms with Crippen LogP contribution in [-0.4, -0.2) is 19.1 Å². The summed E-state index contributed by atoms with van der Waals surface area (Å²) < 4.78 is 5.21. The van der Waals surface area contributed by atoms with Crippen molar-refractivity contribution in [3.63, 3.8) is 0 Å². The summed E-state index contributed by atoms with van der Waals surface area (Å²) in [6.45, 7) is 0. The molecule has 0 spiro atoms. The van der Waals surface area contributed by atoms with Crippen LogP contribution in [0, 0.1) is 0 Å². The van der Waals surface area contributed by atoms with Gasteiger partial charge in [0.1, 0.15) is 5.75 Å². The molecule has 1 aliphatic rings. The Balaban J connectivity index is 1.59. The molecule has 1 aliphatic carbocycles. The highest BCUT2D eigenvalue weighted by Crippen LogP contribution is 2.29. The van der Waals surface area contributed by atoms with Crippen molar-refractivity contribution in [2.24, 2.45) is 0 Å². The molecule has 3 heteroatoms. The van der Waals surface area contributed by atoms with Gasteiger partial charge in [0.25, 0.3) is 0 Å². The lowest BCUT2D eigenvalue weighted by atomic mass is 10.1. The zero-order chi connectivity index (χ0) is 18.6. The molecule has 3 aromatic rings. The van der Waals surface area contributed by atoms with E-state index < -0.39 is 0 Å². The van der Waals surface area contributed by atoms with Crippen LogP contribution in [0.3, 0.4) is 0 Å². The Kier molecular flexibility index (Phi) is 4.93. The summed E-state index contributed by atoms with van der Waals surface area (Å²) in [7, 11) is 1.65. The van der Waals surface area contributed by atoms with Crippen LogP contribution in [0.2, 0.25) is 0 Å². The van der Waals surface area contributed by atoms with Crippen molar-refractivity contribution >= 4 is 11.6 Å². The Hall–Kier alpha value is -3.07. The molecule has 0 atom stereocenters. The summed E-state index contributed by atoms with van der Waals surface area (Å²) in [5, 5.41) is 0. The monoisotopic (exact) mass is 357 g/mol. The normalized spacial score (nSPS) is 13.2. The standard InChI is InChI=1S/C24H23NO2/c1-27-23-13-11-18(12-14-23)15-24(26)25(21-9-3-2-4-10-21)22-16-19-7-5-6-8-20(19)17-22/h2-14,22H,15-17H2,1H3. The van der Waals surface area contributed by atoms with Gasteiger partial charge in [-0.15, -0.1) is 0 Å². The molecule has 3 nitrogen and oxygen atoms in total. The number of rotatable bonds is 5. The highest BCUT2D eigenvalue weighted by molar-refractivity contribution is 5.95. The first-order valence-corrected chi connectivity index (χ1v) is 9.31. The van der Waals surface area contributed by atoms with Gasteiger partial charge in [-0.05, 0) is 53.8 Å². The minimum Gasteiger partial charge on any atom is -0.497 e. The van der Waals surface area contributed by atoms with Gasteiger partial charge in [0.2, 0.25) is 5.91 Å². The van der Waals surface area contributed by atoms with Gasteiger partial charge < -0.3 is 9.64 Å². The molecule has 0 N–H and O–H groups in total. The van der Waals surface area contributed by atoms with Gasteiger partial charge in [0.05, 0.1) is 13.5 Å². The van der Waals surface area contributed by atoms with Gasteiger partial charge in [0, 0.05) is 11.7 Å². The predicted molar refractivity (Wildman–Crippen MR) is 108 cm³/mol. The van der Waals surface area contributed by atoms with Crippen LogP contribution in [0.1, 0.15) is 16.7 Å². The zero-order valence-corrected chi connectivity index (χ0v) is 15.5. The average molecular weight is 357 g/mol. The van der Waals surface area contributed by atoms with E-state index >= 15 is 0 Å². The fourth-order valence-corrected chi connectivity index (χ4v) is 3.87. The number of hydrogen-bond acceptors (Lipinski definition) is 2. The first kappa shape index (κ1) is 17.3. The van der Waals surface area contributed by atoms with E-state index in [2.05, 4.69) is 24.3 Å². The van der Waals surface area contributed by atoms with Crippen molar-refractivity contribution in [1.29, 1.82) is 0 Å². The quantitative estimate of drug-likeness (QED) is 0.676. The van der Waals surface area contributed by atoms with E-state index in [4.69, 9.17) is 4.74 Å². The molecule has 0 fully saturated rings. The van der Waals surface area contributed by atoms with Crippen molar-refractivity contribution in [2.45, 2.75) is 25.3 Å². The number of anilines is 1. The van der Waals surface area contributed by atoms with Crippen molar-refractivity contribution < 1.29 is 9.53 Å². The third-order valence-corrected chi connectivity index (χ3v) is 5.21. The van der Waals surface area contributed by atoms with Crippen LogP contribution in [0.15, 0.2) is 78.9 Å². The van der Waals surface area contributed by atoms with Crippen molar-refractivity contribution in [3.05, 3.63) is 95.6 Å². The third-order valence-electron chi connectivity index (χ3n) is 5.21. The van der Waals surface area contributed by atoms with Crippen molar-refractivity contribution in [1.82, 2.24) is 0 Å². The molecule has 0 saturated heterocycles. The van der Waals surface area contributed by atoms with Gasteiger partial charge in [-0.3, -0.25) is 4.79 Å². The number of nitrogens with zero attached hydrogens (tertiary/aromatic N) is 1. The number of methoxy groups -OCH3 is 1. The SMILES string of the molecule is COc1ccc(CC(=O)N(c2ccccc2)C2Cc3ccccc3C2)cc1. The van der Waals surface area contributed by atoms with Crippen LogP contribution in [-0.2, 0) is 24.1 Å². The third kappa shape index (κ3) is 3.72. The predicted octanol–water partition coefficient (Wildman–Crippen LogP) is 4.44. The Bertz CT molecular complexity index is 894. The molecule has 0 unspecified atom stereocenters. The van der Waals surface area contributed by atoms with Gasteiger partial charge in [-0.2, -0.15) is 0 Å². The van der Waals surface area contributed by atoms with Crippen LogP contribution in [0.25, 0.3) is 0 Å². The Morgan fingerprint density at radius 1 is 0.889 bits per heavy atom. The summed E-state index contributed by atoms with van der Waals surface area (Å²) in [5.41, 5.74) is 4.66. The highest BCUT2D eigenvalue weighted by atomic mass is 16.5. The van der Waals surface area contributed by atoms with E-state index in [1.165, 1.54) is 11.1 Å². The fourth-order valence-electron chi connectivity index (χ4n) is 3.87. The molecule has 0 heterocycles. The smallest absolute Gasteiger partial charge is 0.231 e. The van der Waals surface area contributed by atoms with E-state index in [0.29, 0.717) is 6.42 Å². The molecule has 27 heavy (non-hydrogen) atoms. The number of ether oxygens (including phenoxy) is 1. The van der Waals surface area contributed by atoms with E-state index in [9.17, 15) is 4.79 Å². The van der Waals surface area contributed by atoms with Crippen LogP contribution in [0.4, 0.5) is 5.69 Å². The van der Waals surface area contributed by atoms with Gasteiger partial charge >= 0.3 is 0 Å². The lowest BCUT2D eigenvalue weighted by molar-refractivity contribution is -0.118. The van der Waals surface area contributed by atoms with Gasteiger partial charge in [-0.1, -0.05) is 54.6 Å². The number of para-hydroxylation sites is 1. The molecule has 136 valence electrons.